The number of aryl methyl sites for hydroxylation is 1. The van der Waals surface area contributed by atoms with Gasteiger partial charge in [0.05, 0.1) is 43.3 Å². The fourth-order valence-electron chi connectivity index (χ4n) is 3.37. The van der Waals surface area contributed by atoms with Gasteiger partial charge in [-0.25, -0.2) is 4.39 Å². The van der Waals surface area contributed by atoms with Gasteiger partial charge in [0.15, 0.2) is 11.5 Å². The van der Waals surface area contributed by atoms with Gasteiger partial charge in [-0.3, -0.25) is 9.48 Å². The van der Waals surface area contributed by atoms with Crippen molar-refractivity contribution in [1.29, 1.82) is 0 Å². The van der Waals surface area contributed by atoms with E-state index in [1.54, 1.807) is 12.1 Å². The maximum atomic E-state index is 13.1. The molecule has 0 fully saturated rings. The van der Waals surface area contributed by atoms with Crippen LogP contribution in [-0.4, -0.2) is 28.9 Å². The molecule has 0 aliphatic heterocycles. The zero-order chi connectivity index (χ0) is 22.4. The molecular weight excluding hydrogens is 397 g/mol. The largest absolute Gasteiger partial charge is 0.490 e. The van der Waals surface area contributed by atoms with Crippen LogP contribution in [0.2, 0.25) is 0 Å². The molecule has 1 N–H and O–H groups in total. The summed E-state index contributed by atoms with van der Waals surface area (Å²) < 4.78 is 26.2. The summed E-state index contributed by atoms with van der Waals surface area (Å²) in [7, 11) is 0. The first kappa shape index (κ1) is 22.3. The quantitative estimate of drug-likeness (QED) is 0.541. The molecule has 1 heterocycles. The molecule has 1 amide bonds. The Labute approximate surface area is 182 Å². The van der Waals surface area contributed by atoms with Crippen LogP contribution in [0.15, 0.2) is 42.5 Å². The number of halogens is 1. The van der Waals surface area contributed by atoms with Crippen LogP contribution in [0.3, 0.4) is 0 Å². The first-order chi connectivity index (χ1) is 14.9. The molecule has 0 saturated carbocycles. The zero-order valence-electron chi connectivity index (χ0n) is 18.4. The van der Waals surface area contributed by atoms with Crippen LogP contribution >= 0.6 is 0 Å². The predicted octanol–water partition coefficient (Wildman–Crippen LogP) is 4.67. The lowest BCUT2D eigenvalue weighted by molar-refractivity contribution is -0.115. The van der Waals surface area contributed by atoms with Crippen molar-refractivity contribution in [3.05, 3.63) is 70.8 Å². The molecule has 0 aliphatic rings. The highest BCUT2D eigenvalue weighted by Gasteiger charge is 2.16. The van der Waals surface area contributed by atoms with Gasteiger partial charge in [-0.1, -0.05) is 18.2 Å². The number of carbonyl (C=O) groups is 1. The van der Waals surface area contributed by atoms with Crippen LogP contribution in [-0.2, 0) is 17.8 Å². The standard InChI is InChI=1S/C24H28FN3O3/c1-5-30-21-12-9-19(13-22(21)31-6-2)14-23(29)26-24-16(3)27-28(17(24)4)15-18-7-10-20(25)11-8-18/h7-13H,5-6,14-15H2,1-4H3,(H,26,29). The highest BCUT2D eigenvalue weighted by molar-refractivity contribution is 5.93. The second kappa shape index (κ2) is 10.1. The molecule has 0 saturated heterocycles. The van der Waals surface area contributed by atoms with E-state index in [1.165, 1.54) is 12.1 Å². The number of aromatic nitrogens is 2. The molecule has 31 heavy (non-hydrogen) atoms. The molecule has 7 heteroatoms. The Morgan fingerprint density at radius 1 is 1.00 bits per heavy atom. The lowest BCUT2D eigenvalue weighted by Gasteiger charge is -2.12. The number of carbonyl (C=O) groups excluding carboxylic acids is 1. The molecular formula is C24H28FN3O3. The molecule has 1 aromatic heterocycles. The highest BCUT2D eigenvalue weighted by Crippen LogP contribution is 2.29. The third-order valence-corrected chi connectivity index (χ3v) is 4.86. The number of nitrogens with zero attached hydrogens (tertiary/aromatic N) is 2. The smallest absolute Gasteiger partial charge is 0.228 e. The van der Waals surface area contributed by atoms with E-state index in [1.807, 2.05) is 50.6 Å². The second-order valence-electron chi connectivity index (χ2n) is 7.20. The van der Waals surface area contributed by atoms with Crippen molar-refractivity contribution in [3.63, 3.8) is 0 Å². The van der Waals surface area contributed by atoms with Crippen LogP contribution < -0.4 is 14.8 Å². The minimum absolute atomic E-state index is 0.140. The molecule has 0 aliphatic carbocycles. The normalized spacial score (nSPS) is 10.7. The molecule has 0 atom stereocenters. The van der Waals surface area contributed by atoms with Crippen LogP contribution in [0.25, 0.3) is 0 Å². The first-order valence-electron chi connectivity index (χ1n) is 10.4. The van der Waals surface area contributed by atoms with Crippen LogP contribution in [0.5, 0.6) is 11.5 Å². The summed E-state index contributed by atoms with van der Waals surface area (Å²) in [6.07, 6.45) is 0.203. The maximum absolute atomic E-state index is 13.1. The van der Waals surface area contributed by atoms with Crippen molar-refractivity contribution in [3.8, 4) is 11.5 Å². The van der Waals surface area contributed by atoms with E-state index in [0.717, 1.165) is 22.5 Å². The summed E-state index contributed by atoms with van der Waals surface area (Å²) in [4.78, 5) is 12.7. The molecule has 0 unspecified atom stereocenters. The summed E-state index contributed by atoms with van der Waals surface area (Å²) in [5, 5.41) is 7.51. The van der Waals surface area contributed by atoms with Crippen molar-refractivity contribution < 1.29 is 18.7 Å². The van der Waals surface area contributed by atoms with Crippen LogP contribution in [0.1, 0.15) is 36.4 Å². The molecule has 6 nitrogen and oxygen atoms in total. The van der Waals surface area contributed by atoms with Gasteiger partial charge in [0.1, 0.15) is 5.82 Å². The van der Waals surface area contributed by atoms with E-state index in [-0.39, 0.29) is 18.1 Å². The average molecular weight is 426 g/mol. The molecule has 0 bridgehead atoms. The molecule has 2 aromatic carbocycles. The maximum Gasteiger partial charge on any atom is 0.228 e. The van der Waals surface area contributed by atoms with Crippen molar-refractivity contribution in [2.75, 3.05) is 18.5 Å². The lowest BCUT2D eigenvalue weighted by Crippen LogP contribution is -2.16. The number of amides is 1. The van der Waals surface area contributed by atoms with Gasteiger partial charge in [0.25, 0.3) is 0 Å². The number of hydrogen-bond acceptors (Lipinski definition) is 4. The first-order valence-corrected chi connectivity index (χ1v) is 10.4. The van der Waals surface area contributed by atoms with Gasteiger partial charge in [-0.2, -0.15) is 5.10 Å². The van der Waals surface area contributed by atoms with Crippen molar-refractivity contribution in [1.82, 2.24) is 9.78 Å². The van der Waals surface area contributed by atoms with Gasteiger partial charge in [0, 0.05) is 0 Å². The van der Waals surface area contributed by atoms with E-state index in [9.17, 15) is 9.18 Å². The molecule has 3 aromatic rings. The highest BCUT2D eigenvalue weighted by atomic mass is 19.1. The summed E-state index contributed by atoms with van der Waals surface area (Å²) >= 11 is 0. The number of anilines is 1. The minimum Gasteiger partial charge on any atom is -0.490 e. The summed E-state index contributed by atoms with van der Waals surface area (Å²) in [6.45, 7) is 9.14. The number of nitrogens with one attached hydrogen (secondary N) is 1. The topological polar surface area (TPSA) is 65.4 Å². The van der Waals surface area contributed by atoms with Crippen molar-refractivity contribution in [2.24, 2.45) is 0 Å². The minimum atomic E-state index is -0.271. The fourth-order valence-corrected chi connectivity index (χ4v) is 3.37. The lowest BCUT2D eigenvalue weighted by atomic mass is 10.1. The number of ether oxygens (including phenoxy) is 2. The fraction of sp³-hybridized carbons (Fsp3) is 0.333. The monoisotopic (exact) mass is 425 g/mol. The van der Waals surface area contributed by atoms with Crippen LogP contribution in [0, 0.1) is 19.7 Å². The molecule has 3 rings (SSSR count). The number of benzene rings is 2. The average Bonchev–Trinajstić information content (AvgIpc) is 2.99. The third-order valence-electron chi connectivity index (χ3n) is 4.86. The Balaban J connectivity index is 1.71. The number of rotatable bonds is 9. The van der Waals surface area contributed by atoms with Gasteiger partial charge in [-0.15, -0.1) is 0 Å². The molecule has 164 valence electrons. The predicted molar refractivity (Wildman–Crippen MR) is 118 cm³/mol. The SMILES string of the molecule is CCOc1ccc(CC(=O)Nc2c(C)nn(Cc3ccc(F)cc3)c2C)cc1OCC. The van der Waals surface area contributed by atoms with E-state index in [4.69, 9.17) is 9.47 Å². The Morgan fingerprint density at radius 2 is 1.65 bits per heavy atom. The van der Waals surface area contributed by atoms with Gasteiger partial charge < -0.3 is 14.8 Å². The Morgan fingerprint density at radius 3 is 2.32 bits per heavy atom. The van der Waals surface area contributed by atoms with E-state index in [2.05, 4.69) is 10.4 Å². The molecule has 0 radical (unpaired) electrons. The van der Waals surface area contributed by atoms with E-state index < -0.39 is 0 Å². The zero-order valence-corrected chi connectivity index (χ0v) is 18.4. The van der Waals surface area contributed by atoms with Crippen molar-refractivity contribution in [2.45, 2.75) is 40.7 Å². The Hall–Kier alpha value is -3.35. The summed E-state index contributed by atoms with van der Waals surface area (Å²) in [6, 6.07) is 11.8. The Bertz CT molecular complexity index is 1040. The van der Waals surface area contributed by atoms with Gasteiger partial charge in [-0.05, 0) is 63.1 Å². The van der Waals surface area contributed by atoms with Gasteiger partial charge in [0.2, 0.25) is 5.91 Å². The third kappa shape index (κ3) is 5.63. The van der Waals surface area contributed by atoms with E-state index >= 15 is 0 Å². The Kier molecular flexibility index (Phi) is 7.28. The van der Waals surface area contributed by atoms with Crippen LogP contribution in [0.4, 0.5) is 10.1 Å². The number of hydrogen-bond donors (Lipinski definition) is 1. The summed E-state index contributed by atoms with van der Waals surface area (Å²) in [5.74, 6) is 0.891. The summed E-state index contributed by atoms with van der Waals surface area (Å²) in [5.41, 5.74) is 4.04. The second-order valence-corrected chi connectivity index (χ2v) is 7.20. The molecule has 0 spiro atoms. The van der Waals surface area contributed by atoms with Gasteiger partial charge >= 0.3 is 0 Å². The van der Waals surface area contributed by atoms with E-state index in [0.29, 0.717) is 36.9 Å². The van der Waals surface area contributed by atoms with Crippen molar-refractivity contribution >= 4 is 11.6 Å².